The molecule has 0 spiro atoms. The molecular formula is C15H13BrO. The summed E-state index contributed by atoms with van der Waals surface area (Å²) < 4.78 is 6.62. The zero-order chi connectivity index (χ0) is 12.3. The maximum absolute atomic E-state index is 5.54. The highest BCUT2D eigenvalue weighted by Gasteiger charge is 2.06. The third kappa shape index (κ3) is 2.69. The quantitative estimate of drug-likeness (QED) is 0.772. The normalized spacial score (nSPS) is 12.3. The summed E-state index contributed by atoms with van der Waals surface area (Å²) >= 11 is 3.62. The lowest BCUT2D eigenvalue weighted by Gasteiger charge is -2.10. The lowest BCUT2D eigenvalue weighted by atomic mass is 10.1. The number of hydrogen-bond acceptors (Lipinski definition) is 1. The third-order valence-electron chi connectivity index (χ3n) is 2.67. The van der Waals surface area contributed by atoms with Crippen molar-refractivity contribution in [1.82, 2.24) is 0 Å². The van der Waals surface area contributed by atoms with Crippen molar-refractivity contribution < 1.29 is 4.74 Å². The summed E-state index contributed by atoms with van der Waals surface area (Å²) in [6, 6.07) is 12.4. The van der Waals surface area contributed by atoms with E-state index in [9.17, 15) is 0 Å². The van der Waals surface area contributed by atoms with Crippen LogP contribution in [0, 0.1) is 12.3 Å². The number of terminal acetylenes is 1. The molecule has 2 heteroatoms. The van der Waals surface area contributed by atoms with Crippen LogP contribution in [-0.4, -0.2) is 6.10 Å². The van der Waals surface area contributed by atoms with E-state index in [0.717, 1.165) is 10.0 Å². The number of hydrogen-bond donors (Lipinski definition) is 0. The van der Waals surface area contributed by atoms with Crippen molar-refractivity contribution in [3.63, 3.8) is 0 Å². The summed E-state index contributed by atoms with van der Waals surface area (Å²) in [6.45, 7) is 2.39. The zero-order valence-electron chi connectivity index (χ0n) is 9.61. The molecule has 1 atom stereocenters. The van der Waals surface area contributed by atoms with E-state index in [1.807, 2.05) is 19.1 Å². The zero-order valence-corrected chi connectivity index (χ0v) is 11.2. The summed E-state index contributed by atoms with van der Waals surface area (Å²) in [7, 11) is 0. The highest BCUT2D eigenvalue weighted by atomic mass is 79.9. The minimum Gasteiger partial charge on any atom is -0.361 e. The second kappa shape index (κ2) is 5.35. The molecule has 0 aromatic heterocycles. The molecule has 1 nitrogen and oxygen atoms in total. The van der Waals surface area contributed by atoms with E-state index >= 15 is 0 Å². The van der Waals surface area contributed by atoms with Gasteiger partial charge in [-0.05, 0) is 39.2 Å². The molecule has 0 saturated carbocycles. The van der Waals surface area contributed by atoms with Gasteiger partial charge in [0.25, 0.3) is 0 Å². The molecule has 0 bridgehead atoms. The molecule has 0 fully saturated rings. The van der Waals surface area contributed by atoms with Crippen LogP contribution in [0.2, 0.25) is 0 Å². The fraction of sp³-hybridized carbons (Fsp3) is 0.200. The van der Waals surface area contributed by atoms with Gasteiger partial charge in [-0.1, -0.05) is 42.3 Å². The van der Waals surface area contributed by atoms with Gasteiger partial charge in [0.1, 0.15) is 6.10 Å². The van der Waals surface area contributed by atoms with Crippen LogP contribution in [-0.2, 0) is 11.3 Å². The van der Waals surface area contributed by atoms with Gasteiger partial charge in [-0.25, -0.2) is 0 Å². The molecular weight excluding hydrogens is 276 g/mol. The van der Waals surface area contributed by atoms with Gasteiger partial charge in [0, 0.05) is 4.47 Å². The smallest absolute Gasteiger partial charge is 0.115 e. The van der Waals surface area contributed by atoms with Gasteiger partial charge in [-0.2, -0.15) is 0 Å². The van der Waals surface area contributed by atoms with Crippen molar-refractivity contribution in [1.29, 1.82) is 0 Å². The number of fused-ring (bicyclic) bond motifs is 1. The Kier molecular flexibility index (Phi) is 3.83. The van der Waals surface area contributed by atoms with Crippen molar-refractivity contribution in [2.75, 3.05) is 0 Å². The Morgan fingerprint density at radius 2 is 2.06 bits per heavy atom. The number of halogens is 1. The third-order valence-corrected chi connectivity index (χ3v) is 3.60. The van der Waals surface area contributed by atoms with Gasteiger partial charge in [-0.3, -0.25) is 0 Å². The van der Waals surface area contributed by atoms with Gasteiger partial charge >= 0.3 is 0 Å². The predicted octanol–water partition coefficient (Wildman–Crippen LogP) is 4.14. The van der Waals surface area contributed by atoms with E-state index in [2.05, 4.69) is 46.1 Å². The Hall–Kier alpha value is -1.30. The Morgan fingerprint density at radius 1 is 1.29 bits per heavy atom. The van der Waals surface area contributed by atoms with Crippen LogP contribution < -0.4 is 0 Å². The van der Waals surface area contributed by atoms with Crippen molar-refractivity contribution in [3.8, 4) is 12.3 Å². The summed E-state index contributed by atoms with van der Waals surface area (Å²) in [4.78, 5) is 0. The van der Waals surface area contributed by atoms with Gasteiger partial charge in [0.2, 0.25) is 0 Å². The monoisotopic (exact) mass is 288 g/mol. The fourth-order valence-corrected chi connectivity index (χ4v) is 2.26. The Morgan fingerprint density at radius 3 is 2.82 bits per heavy atom. The van der Waals surface area contributed by atoms with Crippen molar-refractivity contribution in [2.24, 2.45) is 0 Å². The van der Waals surface area contributed by atoms with Gasteiger partial charge in [-0.15, -0.1) is 6.42 Å². The van der Waals surface area contributed by atoms with Crippen LogP contribution in [0.3, 0.4) is 0 Å². The van der Waals surface area contributed by atoms with E-state index in [4.69, 9.17) is 11.2 Å². The van der Waals surface area contributed by atoms with Gasteiger partial charge < -0.3 is 4.74 Å². The maximum Gasteiger partial charge on any atom is 0.115 e. The average Bonchev–Trinajstić information content (AvgIpc) is 2.38. The summed E-state index contributed by atoms with van der Waals surface area (Å²) in [5.41, 5.74) is 1.12. The van der Waals surface area contributed by atoms with E-state index in [0.29, 0.717) is 6.61 Å². The molecule has 17 heavy (non-hydrogen) atoms. The van der Waals surface area contributed by atoms with Crippen LogP contribution in [0.1, 0.15) is 12.5 Å². The van der Waals surface area contributed by atoms with Crippen LogP contribution in [0.4, 0.5) is 0 Å². The van der Waals surface area contributed by atoms with E-state index < -0.39 is 0 Å². The highest BCUT2D eigenvalue weighted by molar-refractivity contribution is 9.10. The number of benzene rings is 2. The minimum atomic E-state index is -0.159. The largest absolute Gasteiger partial charge is 0.361 e. The molecule has 2 aromatic rings. The average molecular weight is 289 g/mol. The molecule has 0 aliphatic carbocycles. The van der Waals surface area contributed by atoms with E-state index in [1.54, 1.807) is 0 Å². The van der Waals surface area contributed by atoms with Crippen LogP contribution >= 0.6 is 15.9 Å². The van der Waals surface area contributed by atoms with Crippen LogP contribution in [0.25, 0.3) is 10.8 Å². The topological polar surface area (TPSA) is 9.23 Å². The molecule has 0 unspecified atom stereocenters. The maximum atomic E-state index is 5.54. The van der Waals surface area contributed by atoms with Crippen LogP contribution in [0.5, 0.6) is 0 Å². The van der Waals surface area contributed by atoms with E-state index in [-0.39, 0.29) is 6.10 Å². The second-order valence-corrected chi connectivity index (χ2v) is 4.67. The lowest BCUT2D eigenvalue weighted by molar-refractivity contribution is 0.0899. The second-order valence-electron chi connectivity index (χ2n) is 3.88. The molecule has 0 radical (unpaired) electrons. The predicted molar refractivity (Wildman–Crippen MR) is 74.7 cm³/mol. The standard InChI is InChI=1S/C15H13BrO/c1-3-11(2)17-10-13-9-8-12-6-4-5-7-14(12)15(13)16/h1,4-9,11H,10H2,2H3/t11-/m0/s1. The Balaban J connectivity index is 2.30. The molecule has 2 aromatic carbocycles. The summed E-state index contributed by atoms with van der Waals surface area (Å²) in [5, 5.41) is 2.41. The van der Waals surface area contributed by atoms with Gasteiger partial charge in [0.15, 0.2) is 0 Å². The Bertz CT molecular complexity index is 569. The Labute approximate surface area is 110 Å². The SMILES string of the molecule is C#C[C@H](C)OCc1ccc2ccccc2c1Br. The van der Waals surface area contributed by atoms with Crippen molar-refractivity contribution in [2.45, 2.75) is 19.6 Å². The highest BCUT2D eigenvalue weighted by Crippen LogP contribution is 2.28. The molecule has 0 heterocycles. The molecule has 2 rings (SSSR count). The van der Waals surface area contributed by atoms with Gasteiger partial charge in [0.05, 0.1) is 6.61 Å². The molecule has 0 aliphatic rings. The molecule has 0 aliphatic heterocycles. The summed E-state index contributed by atoms with van der Waals surface area (Å²) in [6.07, 6.45) is 5.12. The molecule has 86 valence electrons. The fourth-order valence-electron chi connectivity index (χ4n) is 1.65. The summed E-state index contributed by atoms with van der Waals surface area (Å²) in [5.74, 6) is 2.55. The van der Waals surface area contributed by atoms with Crippen molar-refractivity contribution in [3.05, 3.63) is 46.4 Å². The lowest BCUT2D eigenvalue weighted by Crippen LogP contribution is -2.05. The molecule has 0 amide bonds. The first-order chi connectivity index (χ1) is 8.22. The minimum absolute atomic E-state index is 0.159. The van der Waals surface area contributed by atoms with E-state index in [1.165, 1.54) is 10.8 Å². The first kappa shape index (κ1) is 12.2. The molecule has 0 saturated heterocycles. The first-order valence-electron chi connectivity index (χ1n) is 5.46. The van der Waals surface area contributed by atoms with Crippen molar-refractivity contribution >= 4 is 26.7 Å². The van der Waals surface area contributed by atoms with Crippen LogP contribution in [0.15, 0.2) is 40.9 Å². The molecule has 0 N–H and O–H groups in total. The number of rotatable bonds is 3. The first-order valence-corrected chi connectivity index (χ1v) is 6.25. The number of ether oxygens (including phenoxy) is 1.